The van der Waals surface area contributed by atoms with Gasteiger partial charge in [0.25, 0.3) is 0 Å². The number of hydrogen-bond acceptors (Lipinski definition) is 4. The van der Waals surface area contributed by atoms with Crippen molar-refractivity contribution < 1.29 is 4.74 Å². The zero-order valence-electron chi connectivity index (χ0n) is 13.0. The number of ether oxygens (including phenoxy) is 1. The van der Waals surface area contributed by atoms with Crippen LogP contribution in [0.15, 0.2) is 0 Å². The van der Waals surface area contributed by atoms with E-state index in [0.717, 1.165) is 44.3 Å². The van der Waals surface area contributed by atoms with Crippen molar-refractivity contribution in [1.29, 1.82) is 0 Å². The van der Waals surface area contributed by atoms with Gasteiger partial charge in [-0.25, -0.2) is 0 Å². The summed E-state index contributed by atoms with van der Waals surface area (Å²) >= 11 is 0. The van der Waals surface area contributed by atoms with E-state index < -0.39 is 0 Å². The lowest BCUT2D eigenvalue weighted by Gasteiger charge is -2.34. The lowest BCUT2D eigenvalue weighted by atomic mass is 9.90. The smallest absolute Gasteiger partial charge is 0.0594 e. The molecule has 0 saturated carbocycles. The van der Waals surface area contributed by atoms with Gasteiger partial charge in [-0.2, -0.15) is 0 Å². The van der Waals surface area contributed by atoms with Gasteiger partial charge in [-0.15, -0.1) is 0 Å². The summed E-state index contributed by atoms with van der Waals surface area (Å²) < 4.78 is 5.47. The molecule has 4 nitrogen and oxygen atoms in total. The van der Waals surface area contributed by atoms with E-state index in [1.54, 1.807) is 0 Å². The summed E-state index contributed by atoms with van der Waals surface area (Å²) in [4.78, 5) is 5.34. The molecule has 1 N–H and O–H groups in total. The Bertz CT molecular complexity index is 293. The van der Waals surface area contributed by atoms with Crippen molar-refractivity contribution in [1.82, 2.24) is 15.1 Å². The van der Waals surface area contributed by atoms with Crippen LogP contribution in [-0.4, -0.2) is 74.4 Å². The van der Waals surface area contributed by atoms with Gasteiger partial charge in [0.15, 0.2) is 0 Å². The maximum atomic E-state index is 5.47. The molecule has 3 saturated heterocycles. The first kappa shape index (κ1) is 14.8. The van der Waals surface area contributed by atoms with Crippen molar-refractivity contribution in [2.45, 2.75) is 44.7 Å². The summed E-state index contributed by atoms with van der Waals surface area (Å²) in [6.07, 6.45) is 5.47. The molecular formula is C16H31N3O. The summed E-state index contributed by atoms with van der Waals surface area (Å²) in [5.41, 5.74) is 0. The van der Waals surface area contributed by atoms with E-state index in [2.05, 4.69) is 22.0 Å². The normalized spacial score (nSPS) is 37.4. The van der Waals surface area contributed by atoms with Crippen LogP contribution in [0.2, 0.25) is 0 Å². The SMILES string of the molecule is CCC1CCNC(CN2CCC(N3CCOCC3)C2)C1. The van der Waals surface area contributed by atoms with E-state index in [9.17, 15) is 0 Å². The lowest BCUT2D eigenvalue weighted by Crippen LogP contribution is -2.47. The second-order valence-corrected chi connectivity index (χ2v) is 6.80. The van der Waals surface area contributed by atoms with E-state index in [1.807, 2.05) is 0 Å². The second kappa shape index (κ2) is 7.21. The number of rotatable bonds is 4. The Balaban J connectivity index is 1.43. The first-order valence-electron chi connectivity index (χ1n) is 8.62. The van der Waals surface area contributed by atoms with Crippen LogP contribution in [0.3, 0.4) is 0 Å². The van der Waals surface area contributed by atoms with Crippen LogP contribution in [0.4, 0.5) is 0 Å². The maximum absolute atomic E-state index is 5.47. The Morgan fingerprint density at radius 3 is 2.80 bits per heavy atom. The van der Waals surface area contributed by atoms with Gasteiger partial charge in [-0.1, -0.05) is 13.3 Å². The largest absolute Gasteiger partial charge is 0.379 e. The number of piperidine rings is 1. The summed E-state index contributed by atoms with van der Waals surface area (Å²) in [6.45, 7) is 11.5. The maximum Gasteiger partial charge on any atom is 0.0594 e. The third kappa shape index (κ3) is 3.73. The molecule has 3 fully saturated rings. The Hall–Kier alpha value is -0.160. The van der Waals surface area contributed by atoms with Gasteiger partial charge in [0, 0.05) is 38.3 Å². The fourth-order valence-electron chi connectivity index (χ4n) is 4.14. The fourth-order valence-corrected chi connectivity index (χ4v) is 4.14. The molecule has 20 heavy (non-hydrogen) atoms. The first-order chi connectivity index (χ1) is 9.85. The molecule has 0 spiro atoms. The highest BCUT2D eigenvalue weighted by Gasteiger charge is 2.30. The van der Waals surface area contributed by atoms with Crippen LogP contribution in [-0.2, 0) is 4.74 Å². The molecule has 0 bridgehead atoms. The molecule has 4 heteroatoms. The summed E-state index contributed by atoms with van der Waals surface area (Å²) in [5.74, 6) is 0.957. The molecule has 0 aromatic carbocycles. The van der Waals surface area contributed by atoms with Crippen LogP contribution in [0.25, 0.3) is 0 Å². The molecule has 3 aliphatic rings. The topological polar surface area (TPSA) is 27.7 Å². The van der Waals surface area contributed by atoms with Crippen LogP contribution in [0, 0.1) is 5.92 Å². The average molecular weight is 281 g/mol. The van der Waals surface area contributed by atoms with Crippen molar-refractivity contribution in [2.24, 2.45) is 5.92 Å². The number of hydrogen-bond donors (Lipinski definition) is 1. The number of likely N-dealkylation sites (tertiary alicyclic amines) is 1. The minimum Gasteiger partial charge on any atom is -0.379 e. The molecule has 0 aromatic heterocycles. The average Bonchev–Trinajstić information content (AvgIpc) is 2.97. The monoisotopic (exact) mass is 281 g/mol. The molecule has 0 amide bonds. The number of morpholine rings is 1. The van der Waals surface area contributed by atoms with Crippen LogP contribution < -0.4 is 5.32 Å². The third-order valence-electron chi connectivity index (χ3n) is 5.47. The van der Waals surface area contributed by atoms with E-state index in [1.165, 1.54) is 51.9 Å². The lowest BCUT2D eigenvalue weighted by molar-refractivity contribution is 0.0182. The third-order valence-corrected chi connectivity index (χ3v) is 5.47. The van der Waals surface area contributed by atoms with Crippen molar-refractivity contribution >= 4 is 0 Å². The number of nitrogens with one attached hydrogen (secondary N) is 1. The van der Waals surface area contributed by atoms with E-state index in [0.29, 0.717) is 0 Å². The zero-order valence-corrected chi connectivity index (χ0v) is 13.0. The van der Waals surface area contributed by atoms with Crippen LogP contribution in [0.1, 0.15) is 32.6 Å². The quantitative estimate of drug-likeness (QED) is 0.837. The molecule has 3 rings (SSSR count). The van der Waals surface area contributed by atoms with Gasteiger partial charge in [0.2, 0.25) is 0 Å². The summed E-state index contributed by atoms with van der Waals surface area (Å²) in [5, 5.41) is 3.73. The van der Waals surface area contributed by atoms with Crippen molar-refractivity contribution in [3.63, 3.8) is 0 Å². The highest BCUT2D eigenvalue weighted by atomic mass is 16.5. The Morgan fingerprint density at radius 2 is 2.00 bits per heavy atom. The molecular weight excluding hydrogens is 250 g/mol. The molecule has 3 aliphatic heterocycles. The Labute approximate surface area is 123 Å². The minimum absolute atomic E-state index is 0.733. The Morgan fingerprint density at radius 1 is 1.15 bits per heavy atom. The molecule has 0 aromatic rings. The second-order valence-electron chi connectivity index (χ2n) is 6.80. The molecule has 3 unspecified atom stereocenters. The van der Waals surface area contributed by atoms with Crippen LogP contribution >= 0.6 is 0 Å². The van der Waals surface area contributed by atoms with E-state index in [4.69, 9.17) is 4.74 Å². The van der Waals surface area contributed by atoms with Gasteiger partial charge in [0.1, 0.15) is 0 Å². The minimum atomic E-state index is 0.733. The van der Waals surface area contributed by atoms with Gasteiger partial charge < -0.3 is 15.0 Å². The summed E-state index contributed by atoms with van der Waals surface area (Å²) in [7, 11) is 0. The number of nitrogens with zero attached hydrogens (tertiary/aromatic N) is 2. The first-order valence-corrected chi connectivity index (χ1v) is 8.62. The molecule has 0 aliphatic carbocycles. The zero-order chi connectivity index (χ0) is 13.8. The fraction of sp³-hybridized carbons (Fsp3) is 1.00. The van der Waals surface area contributed by atoms with Gasteiger partial charge >= 0.3 is 0 Å². The van der Waals surface area contributed by atoms with Crippen molar-refractivity contribution in [3.05, 3.63) is 0 Å². The van der Waals surface area contributed by atoms with Gasteiger partial charge in [-0.3, -0.25) is 4.90 Å². The van der Waals surface area contributed by atoms with Crippen molar-refractivity contribution in [3.8, 4) is 0 Å². The predicted octanol–water partition coefficient (Wildman–Crippen LogP) is 1.17. The van der Waals surface area contributed by atoms with E-state index in [-0.39, 0.29) is 0 Å². The standard InChI is InChI=1S/C16H31N3O/c1-2-14-3-5-17-15(11-14)12-18-6-4-16(13-18)19-7-9-20-10-8-19/h14-17H,2-13H2,1H3. The highest BCUT2D eigenvalue weighted by Crippen LogP contribution is 2.22. The van der Waals surface area contributed by atoms with Crippen LogP contribution in [0.5, 0.6) is 0 Å². The summed E-state index contributed by atoms with van der Waals surface area (Å²) in [6, 6.07) is 1.52. The molecule has 3 atom stereocenters. The predicted molar refractivity (Wildman–Crippen MR) is 82.0 cm³/mol. The Kier molecular flexibility index (Phi) is 5.32. The van der Waals surface area contributed by atoms with E-state index >= 15 is 0 Å². The highest BCUT2D eigenvalue weighted by molar-refractivity contribution is 4.88. The molecule has 3 heterocycles. The van der Waals surface area contributed by atoms with Crippen molar-refractivity contribution in [2.75, 3.05) is 52.5 Å². The molecule has 0 radical (unpaired) electrons. The van der Waals surface area contributed by atoms with Gasteiger partial charge in [-0.05, 0) is 38.3 Å². The van der Waals surface area contributed by atoms with Gasteiger partial charge in [0.05, 0.1) is 13.2 Å². The molecule has 116 valence electrons.